The van der Waals surface area contributed by atoms with Gasteiger partial charge in [0, 0.05) is 31.9 Å². The minimum Gasteiger partial charge on any atom is -0.497 e. The number of fused-ring (bicyclic) bond motifs is 3. The Morgan fingerprint density at radius 2 is 1.98 bits per heavy atom. The van der Waals surface area contributed by atoms with E-state index >= 15 is 0 Å². The van der Waals surface area contributed by atoms with Crippen LogP contribution in [0.3, 0.4) is 0 Å². The van der Waals surface area contributed by atoms with E-state index in [2.05, 4.69) is 15.0 Å². The Morgan fingerprint density at radius 1 is 1.20 bits per heavy atom. The summed E-state index contributed by atoms with van der Waals surface area (Å²) in [5, 5.41) is 4.38. The summed E-state index contributed by atoms with van der Waals surface area (Å²) < 4.78 is 64.3. The van der Waals surface area contributed by atoms with Gasteiger partial charge < -0.3 is 28.7 Å². The van der Waals surface area contributed by atoms with Crippen LogP contribution in [0.4, 0.5) is 19.0 Å². The largest absolute Gasteiger partial charge is 0.497 e. The second kappa shape index (κ2) is 13.3. The lowest BCUT2D eigenvalue weighted by Crippen LogP contribution is -2.58. The van der Waals surface area contributed by atoms with Gasteiger partial charge in [-0.2, -0.15) is 18.3 Å². The normalized spacial score (nSPS) is 16.9. The van der Waals surface area contributed by atoms with Crippen molar-refractivity contribution >= 4 is 23.3 Å². The number of piperazine rings is 1. The van der Waals surface area contributed by atoms with Gasteiger partial charge in [0.25, 0.3) is 5.56 Å². The number of benzene rings is 1. The average molecular weight is 638 g/mol. The molecule has 1 saturated heterocycles. The summed E-state index contributed by atoms with van der Waals surface area (Å²) >= 11 is 6.01. The van der Waals surface area contributed by atoms with E-state index < -0.39 is 29.2 Å². The second-order valence-electron chi connectivity index (χ2n) is 10.4. The number of halogens is 4. The summed E-state index contributed by atoms with van der Waals surface area (Å²) in [6, 6.07) is 8.21. The highest BCUT2D eigenvalue weighted by Gasteiger charge is 2.40. The molecule has 4 heterocycles. The zero-order valence-electron chi connectivity index (χ0n) is 24.1. The summed E-state index contributed by atoms with van der Waals surface area (Å²) in [5.41, 5.74) is -2.20. The molecule has 2 aromatic heterocycles. The van der Waals surface area contributed by atoms with Gasteiger partial charge in [-0.15, -0.1) is 0 Å². The van der Waals surface area contributed by atoms with E-state index in [0.29, 0.717) is 54.1 Å². The fourth-order valence-corrected chi connectivity index (χ4v) is 5.23. The number of ether oxygens (including phenoxy) is 4. The third-order valence-electron chi connectivity index (χ3n) is 7.26. The van der Waals surface area contributed by atoms with Crippen LogP contribution < -0.4 is 24.7 Å². The van der Waals surface area contributed by atoms with Crippen LogP contribution in [0.25, 0.3) is 0 Å². The van der Waals surface area contributed by atoms with Crippen molar-refractivity contribution in [1.29, 1.82) is 0 Å². The molecule has 1 fully saturated rings. The number of alkyl halides is 3. The maximum Gasteiger partial charge on any atom is 0.425 e. The molecule has 0 saturated carbocycles. The number of carbonyl (C=O) groups excluding carboxylic acids is 1. The van der Waals surface area contributed by atoms with E-state index in [-0.39, 0.29) is 38.1 Å². The van der Waals surface area contributed by atoms with Crippen molar-refractivity contribution in [2.45, 2.75) is 38.2 Å². The molecule has 0 bridgehead atoms. The summed E-state index contributed by atoms with van der Waals surface area (Å²) in [6.45, 7) is 3.22. The van der Waals surface area contributed by atoms with Crippen molar-refractivity contribution in [3.63, 3.8) is 0 Å². The molecule has 15 heteroatoms. The number of aromatic nitrogens is 3. The van der Waals surface area contributed by atoms with Crippen LogP contribution in [0.5, 0.6) is 17.2 Å². The maximum atomic E-state index is 13.9. The summed E-state index contributed by atoms with van der Waals surface area (Å²) in [5.74, 6) is 1.09. The lowest BCUT2D eigenvalue weighted by atomic mass is 10.1. The number of nitrogens with zero attached hydrogens (tertiary/aromatic N) is 5. The highest BCUT2D eigenvalue weighted by Crippen LogP contribution is 2.35. The molecular weight excluding hydrogens is 607 g/mol. The molecule has 0 radical (unpaired) electrons. The van der Waals surface area contributed by atoms with Crippen molar-refractivity contribution in [3.05, 3.63) is 69.2 Å². The van der Waals surface area contributed by atoms with E-state index in [1.807, 2.05) is 0 Å². The molecule has 3 aromatic rings. The van der Waals surface area contributed by atoms with Gasteiger partial charge in [-0.05, 0) is 24.6 Å². The van der Waals surface area contributed by atoms with Gasteiger partial charge in [0.2, 0.25) is 5.91 Å². The van der Waals surface area contributed by atoms with E-state index in [4.69, 9.17) is 30.5 Å². The summed E-state index contributed by atoms with van der Waals surface area (Å²) in [6.07, 6.45) is -3.30. The number of anilines is 1. The van der Waals surface area contributed by atoms with Crippen LogP contribution >= 0.6 is 11.6 Å². The quantitative estimate of drug-likeness (QED) is 0.308. The molecule has 0 unspecified atom stereocenters. The number of methoxy groups -OCH3 is 1. The Bertz CT molecular complexity index is 1540. The number of hydrogen-bond donors (Lipinski definition) is 0. The highest BCUT2D eigenvalue weighted by atomic mass is 35.5. The van der Waals surface area contributed by atoms with Crippen LogP contribution in [0, 0.1) is 0 Å². The molecule has 0 spiro atoms. The zero-order chi connectivity index (χ0) is 31.4. The lowest BCUT2D eigenvalue weighted by Gasteiger charge is -2.44. The van der Waals surface area contributed by atoms with Gasteiger partial charge in [-0.3, -0.25) is 9.59 Å². The maximum absolute atomic E-state index is 13.9. The monoisotopic (exact) mass is 637 g/mol. The fraction of sp³-hybridized carbons (Fsp3) is 0.448. The van der Waals surface area contributed by atoms with Crippen LogP contribution in [0.15, 0.2) is 47.5 Å². The van der Waals surface area contributed by atoms with E-state index in [1.165, 1.54) is 14.0 Å². The number of pyridine rings is 1. The van der Waals surface area contributed by atoms with Crippen molar-refractivity contribution in [3.8, 4) is 17.2 Å². The molecule has 2 aliphatic rings. The van der Waals surface area contributed by atoms with Crippen LogP contribution in [-0.2, 0) is 22.3 Å². The van der Waals surface area contributed by atoms with E-state index in [1.54, 1.807) is 41.4 Å². The average Bonchev–Trinajstić information content (AvgIpc) is 2.99. The Morgan fingerprint density at radius 3 is 2.70 bits per heavy atom. The predicted molar refractivity (Wildman–Crippen MR) is 154 cm³/mol. The first-order valence-electron chi connectivity index (χ1n) is 13.9. The van der Waals surface area contributed by atoms with Crippen LogP contribution in [0.2, 0.25) is 5.02 Å². The van der Waals surface area contributed by atoms with Gasteiger partial charge in [0.05, 0.1) is 50.6 Å². The van der Waals surface area contributed by atoms with Gasteiger partial charge in [0.1, 0.15) is 18.5 Å². The Labute approximate surface area is 256 Å². The molecule has 11 nitrogen and oxygen atoms in total. The van der Waals surface area contributed by atoms with Crippen molar-refractivity contribution in [1.82, 2.24) is 19.7 Å². The molecule has 0 N–H and O–H groups in total. The second-order valence-corrected chi connectivity index (χ2v) is 10.9. The third kappa shape index (κ3) is 7.18. The van der Waals surface area contributed by atoms with Crippen molar-refractivity contribution in [2.24, 2.45) is 0 Å². The number of amides is 1. The van der Waals surface area contributed by atoms with Gasteiger partial charge >= 0.3 is 6.18 Å². The van der Waals surface area contributed by atoms with Gasteiger partial charge in [-0.25, -0.2) is 9.67 Å². The first kappa shape index (κ1) is 31.4. The molecule has 2 atom stereocenters. The molecule has 236 valence electrons. The first-order valence-corrected chi connectivity index (χ1v) is 14.3. The lowest BCUT2D eigenvalue weighted by molar-refractivity contribution is -0.141. The molecular formula is C29H31ClF3N5O6. The molecule has 1 amide bonds. The Hall–Kier alpha value is -4.04. The zero-order valence-corrected chi connectivity index (χ0v) is 24.8. The smallest absolute Gasteiger partial charge is 0.425 e. The Kier molecular flexibility index (Phi) is 9.49. The topological polar surface area (TPSA) is 108 Å². The minimum absolute atomic E-state index is 0.0463. The predicted octanol–water partition coefficient (Wildman–Crippen LogP) is 3.65. The molecule has 1 aromatic carbocycles. The van der Waals surface area contributed by atoms with Crippen molar-refractivity contribution < 1.29 is 36.9 Å². The first-order chi connectivity index (χ1) is 21.0. The minimum atomic E-state index is -4.97. The van der Waals surface area contributed by atoms with E-state index in [9.17, 15) is 22.8 Å². The molecule has 5 rings (SSSR count). The molecule has 44 heavy (non-hydrogen) atoms. The van der Waals surface area contributed by atoms with Crippen LogP contribution in [-0.4, -0.2) is 84.3 Å². The number of hydrogen-bond acceptors (Lipinski definition) is 9. The van der Waals surface area contributed by atoms with Gasteiger partial charge in [-0.1, -0.05) is 23.7 Å². The molecule has 2 aliphatic heterocycles. The SMILES string of the molecule is COc1ccc(Cn2ncc(O[C@@H](C)COCCC(=O)N3CCN4c5ncc(Cl)cc5OC[C@@H]4C3)c(C(F)(F)F)c2=O)cc1. The van der Waals surface area contributed by atoms with Crippen molar-refractivity contribution in [2.75, 3.05) is 51.5 Å². The highest BCUT2D eigenvalue weighted by molar-refractivity contribution is 6.30. The summed E-state index contributed by atoms with van der Waals surface area (Å²) in [7, 11) is 1.49. The third-order valence-corrected chi connectivity index (χ3v) is 7.47. The Balaban J connectivity index is 1.11. The fourth-order valence-electron chi connectivity index (χ4n) is 5.08. The van der Waals surface area contributed by atoms with E-state index in [0.717, 1.165) is 10.9 Å². The molecule has 0 aliphatic carbocycles. The van der Waals surface area contributed by atoms with Crippen LogP contribution in [0.1, 0.15) is 24.5 Å². The van der Waals surface area contributed by atoms with Gasteiger partial charge in [0.15, 0.2) is 22.9 Å². The summed E-state index contributed by atoms with van der Waals surface area (Å²) in [4.78, 5) is 33.8. The number of carbonyl (C=O) groups is 1. The standard InChI is InChI=1S/C29H31ClF3N5O6/c1-18(44-24-13-35-38(28(40)26(24)29(31,32)33)14-19-3-5-22(41-2)6-4-19)16-42-10-7-25(39)36-8-9-37-21(15-36)17-43-23-11-20(30)12-34-27(23)37/h3-6,11-13,18,21H,7-10,14-17H2,1-2H3/t18-,21-/m0/s1. The number of rotatable bonds is 10.